The molecule has 0 saturated heterocycles. The van der Waals surface area contributed by atoms with E-state index in [-0.39, 0.29) is 18.1 Å². The van der Waals surface area contributed by atoms with Crippen molar-refractivity contribution in [1.82, 2.24) is 5.43 Å². The number of carbonyl (C=O) groups is 3. The van der Waals surface area contributed by atoms with E-state index in [9.17, 15) is 14.4 Å². The van der Waals surface area contributed by atoms with Crippen LogP contribution >= 0.6 is 0 Å². The predicted octanol–water partition coefficient (Wildman–Crippen LogP) is 0.0207. The van der Waals surface area contributed by atoms with E-state index in [4.69, 9.17) is 0 Å². The second-order valence-electron chi connectivity index (χ2n) is 2.77. The standard InChI is InChI=1S/C9H14N2O4/c1-4-15-9(14)5-8(13)11-10-6(2)7(3)12/h4-5H2,1-3H3,(H,11,13)/b10-6+. The minimum Gasteiger partial charge on any atom is -0.466 e. The number of hydrogen-bond donors (Lipinski definition) is 1. The number of hydrogen-bond acceptors (Lipinski definition) is 5. The van der Waals surface area contributed by atoms with Gasteiger partial charge in [-0.1, -0.05) is 0 Å². The van der Waals surface area contributed by atoms with E-state index in [2.05, 4.69) is 15.3 Å². The van der Waals surface area contributed by atoms with Crippen LogP contribution < -0.4 is 5.43 Å². The maximum atomic E-state index is 11.0. The Balaban J connectivity index is 4.00. The molecule has 6 heteroatoms. The molecule has 6 nitrogen and oxygen atoms in total. The van der Waals surface area contributed by atoms with Crippen LogP contribution in [0.4, 0.5) is 0 Å². The molecule has 0 spiro atoms. The van der Waals surface area contributed by atoms with Gasteiger partial charge in [0.05, 0.1) is 6.61 Å². The topological polar surface area (TPSA) is 84.8 Å². The smallest absolute Gasteiger partial charge is 0.315 e. The van der Waals surface area contributed by atoms with Gasteiger partial charge in [-0.25, -0.2) is 5.43 Å². The molecule has 0 bridgehead atoms. The van der Waals surface area contributed by atoms with Crippen molar-refractivity contribution in [3.05, 3.63) is 0 Å². The lowest BCUT2D eigenvalue weighted by molar-refractivity contribution is -0.145. The molecular formula is C9H14N2O4. The van der Waals surface area contributed by atoms with Gasteiger partial charge < -0.3 is 4.74 Å². The SMILES string of the molecule is CCOC(=O)CC(=O)N/N=C(\C)C(C)=O. The first-order valence-electron chi connectivity index (χ1n) is 4.47. The molecule has 0 radical (unpaired) electrons. The van der Waals surface area contributed by atoms with Crippen molar-refractivity contribution < 1.29 is 19.1 Å². The highest BCUT2D eigenvalue weighted by Crippen LogP contribution is 1.87. The van der Waals surface area contributed by atoms with Crippen molar-refractivity contribution in [1.29, 1.82) is 0 Å². The van der Waals surface area contributed by atoms with Crippen LogP contribution in [-0.2, 0) is 19.1 Å². The van der Waals surface area contributed by atoms with Crippen molar-refractivity contribution in [2.75, 3.05) is 6.61 Å². The summed E-state index contributed by atoms with van der Waals surface area (Å²) in [7, 11) is 0. The zero-order valence-corrected chi connectivity index (χ0v) is 8.99. The predicted molar refractivity (Wildman–Crippen MR) is 53.2 cm³/mol. The average molecular weight is 214 g/mol. The Morgan fingerprint density at radius 3 is 2.33 bits per heavy atom. The summed E-state index contributed by atoms with van der Waals surface area (Å²) in [5.41, 5.74) is 2.25. The first-order chi connectivity index (χ1) is 6.97. The van der Waals surface area contributed by atoms with Crippen molar-refractivity contribution in [2.24, 2.45) is 5.10 Å². The summed E-state index contributed by atoms with van der Waals surface area (Å²) >= 11 is 0. The number of nitrogens with one attached hydrogen (secondary N) is 1. The number of amides is 1. The van der Waals surface area contributed by atoms with Gasteiger partial charge in [-0.15, -0.1) is 0 Å². The number of rotatable bonds is 5. The van der Waals surface area contributed by atoms with E-state index >= 15 is 0 Å². The molecule has 15 heavy (non-hydrogen) atoms. The van der Waals surface area contributed by atoms with Crippen molar-refractivity contribution in [3.63, 3.8) is 0 Å². The van der Waals surface area contributed by atoms with Gasteiger partial charge in [0, 0.05) is 6.92 Å². The third kappa shape index (κ3) is 6.36. The van der Waals surface area contributed by atoms with Crippen LogP contribution in [0.15, 0.2) is 5.10 Å². The molecule has 0 unspecified atom stereocenters. The summed E-state index contributed by atoms with van der Waals surface area (Å²) in [4.78, 5) is 32.6. The molecule has 0 aromatic carbocycles. The third-order valence-corrected chi connectivity index (χ3v) is 1.47. The summed E-state index contributed by atoms with van der Waals surface area (Å²) < 4.78 is 4.55. The summed E-state index contributed by atoms with van der Waals surface area (Å²) in [6.07, 6.45) is -0.400. The Morgan fingerprint density at radius 2 is 1.87 bits per heavy atom. The summed E-state index contributed by atoms with van der Waals surface area (Å²) in [5, 5.41) is 3.50. The van der Waals surface area contributed by atoms with Gasteiger partial charge in [0.15, 0.2) is 5.78 Å². The molecule has 0 aliphatic carbocycles. The Morgan fingerprint density at radius 1 is 1.27 bits per heavy atom. The van der Waals surface area contributed by atoms with Gasteiger partial charge in [0.2, 0.25) is 0 Å². The molecule has 0 aliphatic heterocycles. The number of carbonyl (C=O) groups excluding carboxylic acids is 3. The van der Waals surface area contributed by atoms with Crippen LogP contribution in [0, 0.1) is 0 Å². The van der Waals surface area contributed by atoms with Gasteiger partial charge in [-0.05, 0) is 13.8 Å². The zero-order valence-electron chi connectivity index (χ0n) is 8.99. The number of esters is 1. The lowest BCUT2D eigenvalue weighted by Gasteiger charge is -2.00. The molecule has 0 fully saturated rings. The highest BCUT2D eigenvalue weighted by Gasteiger charge is 2.09. The molecule has 84 valence electrons. The number of hydrazone groups is 1. The van der Waals surface area contributed by atoms with Crippen LogP contribution in [0.3, 0.4) is 0 Å². The van der Waals surface area contributed by atoms with Gasteiger partial charge in [-0.3, -0.25) is 14.4 Å². The molecule has 0 aromatic rings. The lowest BCUT2D eigenvalue weighted by Crippen LogP contribution is -2.24. The molecule has 1 amide bonds. The fourth-order valence-electron chi connectivity index (χ4n) is 0.608. The maximum absolute atomic E-state index is 11.0. The Bertz CT molecular complexity index is 296. The largest absolute Gasteiger partial charge is 0.466 e. The Kier molecular flexibility index (Phi) is 5.92. The van der Waals surface area contributed by atoms with Gasteiger partial charge >= 0.3 is 5.97 Å². The molecule has 1 N–H and O–H groups in total. The van der Waals surface area contributed by atoms with Crippen molar-refractivity contribution in [3.8, 4) is 0 Å². The van der Waals surface area contributed by atoms with Crippen LogP contribution in [0.5, 0.6) is 0 Å². The monoisotopic (exact) mass is 214 g/mol. The molecule has 0 atom stereocenters. The van der Waals surface area contributed by atoms with E-state index in [1.165, 1.54) is 13.8 Å². The normalized spacial score (nSPS) is 10.7. The third-order valence-electron chi connectivity index (χ3n) is 1.47. The Labute approximate surface area is 87.7 Å². The van der Waals surface area contributed by atoms with E-state index in [1.54, 1.807) is 6.92 Å². The number of ketones is 1. The molecule has 0 saturated carbocycles. The van der Waals surface area contributed by atoms with E-state index in [1.807, 2.05) is 0 Å². The van der Waals surface area contributed by atoms with Crippen molar-refractivity contribution >= 4 is 23.4 Å². The first kappa shape index (κ1) is 13.3. The second-order valence-corrected chi connectivity index (χ2v) is 2.77. The first-order valence-corrected chi connectivity index (χ1v) is 4.47. The second kappa shape index (κ2) is 6.69. The lowest BCUT2D eigenvalue weighted by atomic mass is 10.3. The molecule has 0 aromatic heterocycles. The zero-order chi connectivity index (χ0) is 11.8. The fourth-order valence-corrected chi connectivity index (χ4v) is 0.608. The van der Waals surface area contributed by atoms with Gasteiger partial charge in [0.1, 0.15) is 12.1 Å². The minimum absolute atomic E-state index is 0.173. The average Bonchev–Trinajstić information content (AvgIpc) is 2.14. The minimum atomic E-state index is -0.620. The highest BCUT2D eigenvalue weighted by atomic mass is 16.5. The summed E-state index contributed by atoms with van der Waals surface area (Å²) in [5.74, 6) is -1.47. The molecular weight excluding hydrogens is 200 g/mol. The number of nitrogens with zero attached hydrogens (tertiary/aromatic N) is 1. The summed E-state index contributed by atoms with van der Waals surface area (Å²) in [6, 6.07) is 0. The van der Waals surface area contributed by atoms with E-state index in [0.29, 0.717) is 0 Å². The van der Waals surface area contributed by atoms with Crippen molar-refractivity contribution in [2.45, 2.75) is 27.2 Å². The molecule has 0 aliphatic rings. The molecule has 0 heterocycles. The van der Waals surface area contributed by atoms with Crippen LogP contribution in [0.25, 0.3) is 0 Å². The Hall–Kier alpha value is -1.72. The quantitative estimate of drug-likeness (QED) is 0.302. The molecule has 0 rings (SSSR count). The highest BCUT2D eigenvalue weighted by molar-refractivity contribution is 6.38. The van der Waals surface area contributed by atoms with E-state index in [0.717, 1.165) is 0 Å². The van der Waals surface area contributed by atoms with E-state index < -0.39 is 18.3 Å². The summed E-state index contributed by atoms with van der Waals surface area (Å²) in [6.45, 7) is 4.67. The van der Waals surface area contributed by atoms with Crippen LogP contribution in [-0.4, -0.2) is 30.0 Å². The maximum Gasteiger partial charge on any atom is 0.315 e. The van der Waals surface area contributed by atoms with Gasteiger partial charge in [0.25, 0.3) is 5.91 Å². The van der Waals surface area contributed by atoms with Gasteiger partial charge in [-0.2, -0.15) is 5.10 Å². The van der Waals surface area contributed by atoms with Crippen LogP contribution in [0.1, 0.15) is 27.2 Å². The number of ether oxygens (including phenoxy) is 1. The number of Topliss-reactive ketones (excluding diaryl/α,β-unsaturated/α-hetero) is 1. The van der Waals surface area contributed by atoms with Crippen LogP contribution in [0.2, 0.25) is 0 Å². The fraction of sp³-hybridized carbons (Fsp3) is 0.556.